The van der Waals surface area contributed by atoms with Gasteiger partial charge in [0.2, 0.25) is 0 Å². The van der Waals surface area contributed by atoms with Crippen molar-refractivity contribution in [3.8, 4) is 0 Å². The quantitative estimate of drug-likeness (QED) is 0.787. The molecular formula is C18H22BrN3O. The lowest BCUT2D eigenvalue weighted by molar-refractivity contribution is 0.0633. The third kappa shape index (κ3) is 2.60. The lowest BCUT2D eigenvalue weighted by atomic mass is 9.91. The Morgan fingerprint density at radius 2 is 2.17 bits per heavy atom. The monoisotopic (exact) mass is 375 g/mol. The molecule has 2 aliphatic rings. The number of aromatic nitrogens is 1. The van der Waals surface area contributed by atoms with Gasteiger partial charge in [-0.05, 0) is 43.9 Å². The first-order valence-electron chi connectivity index (χ1n) is 8.26. The molecular weight excluding hydrogens is 354 g/mol. The lowest BCUT2D eigenvalue weighted by Gasteiger charge is -2.36. The molecule has 4 rings (SSSR count). The van der Waals surface area contributed by atoms with E-state index >= 15 is 0 Å². The van der Waals surface area contributed by atoms with Gasteiger partial charge in [-0.3, -0.25) is 4.98 Å². The molecule has 0 bridgehead atoms. The van der Waals surface area contributed by atoms with Crippen molar-refractivity contribution in [1.82, 2.24) is 4.98 Å². The molecule has 0 radical (unpaired) electrons. The maximum Gasteiger partial charge on any atom is 0.0904 e. The molecule has 2 atom stereocenters. The van der Waals surface area contributed by atoms with Crippen molar-refractivity contribution in [3.63, 3.8) is 0 Å². The number of halogens is 1. The van der Waals surface area contributed by atoms with Gasteiger partial charge in [-0.1, -0.05) is 15.9 Å². The SMILES string of the molecule is COC1CCCC(N2CN(C)c3cnc4ccc(Br)cc4c32)C1. The van der Waals surface area contributed by atoms with Gasteiger partial charge < -0.3 is 14.5 Å². The highest BCUT2D eigenvalue weighted by atomic mass is 79.9. The molecule has 1 fully saturated rings. The van der Waals surface area contributed by atoms with Crippen LogP contribution < -0.4 is 9.80 Å². The van der Waals surface area contributed by atoms with Crippen molar-refractivity contribution >= 4 is 38.2 Å². The topological polar surface area (TPSA) is 28.6 Å². The Morgan fingerprint density at radius 3 is 3.00 bits per heavy atom. The summed E-state index contributed by atoms with van der Waals surface area (Å²) in [5.74, 6) is 0. The molecule has 0 amide bonds. The predicted octanol–water partition coefficient (Wildman–Crippen LogP) is 4.17. The number of anilines is 2. The van der Waals surface area contributed by atoms with Gasteiger partial charge in [-0.25, -0.2) is 0 Å². The molecule has 0 spiro atoms. The van der Waals surface area contributed by atoms with Gasteiger partial charge in [0.1, 0.15) is 0 Å². The van der Waals surface area contributed by atoms with E-state index in [-0.39, 0.29) is 0 Å². The number of benzene rings is 1. The molecule has 1 aliphatic carbocycles. The van der Waals surface area contributed by atoms with Crippen molar-refractivity contribution in [2.45, 2.75) is 37.8 Å². The molecule has 0 saturated heterocycles. The Balaban J connectivity index is 1.79. The Kier molecular flexibility index (Phi) is 3.93. The van der Waals surface area contributed by atoms with Crippen LogP contribution in [-0.4, -0.2) is 38.0 Å². The number of methoxy groups -OCH3 is 1. The first kappa shape index (κ1) is 15.2. The summed E-state index contributed by atoms with van der Waals surface area (Å²) < 4.78 is 6.75. The predicted molar refractivity (Wildman–Crippen MR) is 98.2 cm³/mol. The van der Waals surface area contributed by atoms with E-state index in [0.29, 0.717) is 12.1 Å². The molecule has 5 heteroatoms. The minimum absolute atomic E-state index is 0.392. The molecule has 1 aliphatic heterocycles. The number of hydrogen-bond donors (Lipinski definition) is 0. The second-order valence-electron chi connectivity index (χ2n) is 6.64. The Bertz CT molecular complexity index is 736. The molecule has 1 saturated carbocycles. The fraction of sp³-hybridized carbons (Fsp3) is 0.500. The van der Waals surface area contributed by atoms with Gasteiger partial charge in [0.05, 0.1) is 35.9 Å². The molecule has 23 heavy (non-hydrogen) atoms. The van der Waals surface area contributed by atoms with Crippen LogP contribution in [0.4, 0.5) is 11.4 Å². The Labute approximate surface area is 145 Å². The van der Waals surface area contributed by atoms with Gasteiger partial charge in [-0.2, -0.15) is 0 Å². The number of pyridine rings is 1. The average Bonchev–Trinajstić information content (AvgIpc) is 2.92. The highest BCUT2D eigenvalue weighted by Crippen LogP contribution is 2.43. The first-order chi connectivity index (χ1) is 11.2. The Hall–Kier alpha value is -1.33. The van der Waals surface area contributed by atoms with Gasteiger partial charge in [0.25, 0.3) is 0 Å². The summed E-state index contributed by atoms with van der Waals surface area (Å²) in [6.07, 6.45) is 7.19. The van der Waals surface area contributed by atoms with Crippen molar-refractivity contribution in [3.05, 3.63) is 28.9 Å². The van der Waals surface area contributed by atoms with Crippen molar-refractivity contribution in [2.75, 3.05) is 30.6 Å². The van der Waals surface area contributed by atoms with Crippen molar-refractivity contribution < 1.29 is 4.74 Å². The Morgan fingerprint density at radius 1 is 1.30 bits per heavy atom. The number of ether oxygens (including phenoxy) is 1. The molecule has 1 aromatic heterocycles. The van der Waals surface area contributed by atoms with E-state index in [1.807, 2.05) is 13.3 Å². The molecule has 0 N–H and O–H groups in total. The van der Waals surface area contributed by atoms with E-state index in [1.54, 1.807) is 0 Å². The summed E-state index contributed by atoms with van der Waals surface area (Å²) in [5.41, 5.74) is 3.63. The summed E-state index contributed by atoms with van der Waals surface area (Å²) in [5, 5.41) is 1.24. The molecule has 4 nitrogen and oxygen atoms in total. The van der Waals surface area contributed by atoms with Crippen LogP contribution in [0.15, 0.2) is 28.9 Å². The van der Waals surface area contributed by atoms with E-state index in [0.717, 1.165) is 23.1 Å². The molecule has 2 heterocycles. The molecule has 2 aromatic rings. The second kappa shape index (κ2) is 5.95. The number of rotatable bonds is 2. The number of nitrogens with zero attached hydrogens (tertiary/aromatic N) is 3. The van der Waals surface area contributed by atoms with Crippen LogP contribution >= 0.6 is 15.9 Å². The van der Waals surface area contributed by atoms with E-state index < -0.39 is 0 Å². The highest BCUT2D eigenvalue weighted by Gasteiger charge is 2.34. The van der Waals surface area contributed by atoms with E-state index in [9.17, 15) is 0 Å². The molecule has 2 unspecified atom stereocenters. The summed E-state index contributed by atoms with van der Waals surface area (Å²) >= 11 is 3.61. The summed E-state index contributed by atoms with van der Waals surface area (Å²) in [4.78, 5) is 9.51. The normalized spacial score (nSPS) is 24.3. The van der Waals surface area contributed by atoms with E-state index in [4.69, 9.17) is 4.74 Å². The minimum atomic E-state index is 0.392. The minimum Gasteiger partial charge on any atom is -0.381 e. The third-order valence-electron chi connectivity index (χ3n) is 5.22. The van der Waals surface area contributed by atoms with E-state index in [2.05, 4.69) is 56.0 Å². The summed E-state index contributed by atoms with van der Waals surface area (Å²) in [6, 6.07) is 6.90. The maximum atomic E-state index is 5.64. The highest BCUT2D eigenvalue weighted by molar-refractivity contribution is 9.10. The van der Waals surface area contributed by atoms with Crippen molar-refractivity contribution in [1.29, 1.82) is 0 Å². The van der Waals surface area contributed by atoms with Gasteiger partial charge in [0.15, 0.2) is 0 Å². The standard InChI is InChI=1S/C18H22BrN3O/c1-21-11-22(13-4-3-5-14(9-13)23-2)18-15-8-12(19)6-7-16(15)20-10-17(18)21/h6-8,10,13-14H,3-5,9,11H2,1-2H3. The molecule has 122 valence electrons. The van der Waals surface area contributed by atoms with Crippen LogP contribution in [0.5, 0.6) is 0 Å². The van der Waals surface area contributed by atoms with Crippen LogP contribution in [0, 0.1) is 0 Å². The zero-order valence-corrected chi connectivity index (χ0v) is 15.2. The smallest absolute Gasteiger partial charge is 0.0904 e. The first-order valence-corrected chi connectivity index (χ1v) is 9.05. The lowest BCUT2D eigenvalue weighted by Crippen LogP contribution is -2.42. The van der Waals surface area contributed by atoms with Crippen LogP contribution in [0.2, 0.25) is 0 Å². The number of fused-ring (bicyclic) bond motifs is 3. The third-order valence-corrected chi connectivity index (χ3v) is 5.71. The van der Waals surface area contributed by atoms with Crippen LogP contribution in [-0.2, 0) is 4.74 Å². The van der Waals surface area contributed by atoms with Gasteiger partial charge in [-0.15, -0.1) is 0 Å². The van der Waals surface area contributed by atoms with Crippen LogP contribution in [0.3, 0.4) is 0 Å². The van der Waals surface area contributed by atoms with Crippen LogP contribution in [0.25, 0.3) is 10.9 Å². The van der Waals surface area contributed by atoms with Crippen LogP contribution in [0.1, 0.15) is 25.7 Å². The second-order valence-corrected chi connectivity index (χ2v) is 7.56. The fourth-order valence-corrected chi connectivity index (χ4v) is 4.37. The largest absolute Gasteiger partial charge is 0.381 e. The summed E-state index contributed by atoms with van der Waals surface area (Å²) in [6.45, 7) is 0.934. The average molecular weight is 376 g/mol. The fourth-order valence-electron chi connectivity index (χ4n) is 4.01. The zero-order valence-electron chi connectivity index (χ0n) is 13.6. The number of hydrogen-bond acceptors (Lipinski definition) is 4. The van der Waals surface area contributed by atoms with E-state index in [1.165, 1.54) is 36.0 Å². The zero-order chi connectivity index (χ0) is 16.0. The molecule has 1 aromatic carbocycles. The van der Waals surface area contributed by atoms with Gasteiger partial charge in [0, 0.05) is 30.1 Å². The maximum absolute atomic E-state index is 5.64. The van der Waals surface area contributed by atoms with Crippen molar-refractivity contribution in [2.24, 2.45) is 0 Å². The van der Waals surface area contributed by atoms with Gasteiger partial charge >= 0.3 is 0 Å². The summed E-state index contributed by atoms with van der Waals surface area (Å²) in [7, 11) is 3.99.